The third-order valence-electron chi connectivity index (χ3n) is 6.35. The molecule has 0 spiro atoms. The van der Waals surface area contributed by atoms with Crippen LogP contribution in [0, 0.1) is 0 Å². The molecule has 2 aromatic carbocycles. The Labute approximate surface area is 219 Å². The van der Waals surface area contributed by atoms with Crippen LogP contribution < -0.4 is 4.90 Å². The van der Waals surface area contributed by atoms with Crippen molar-refractivity contribution in [3.8, 4) is 0 Å². The van der Waals surface area contributed by atoms with Crippen LogP contribution in [0.3, 0.4) is 0 Å². The maximum Gasteiger partial charge on any atom is 0.199 e. The Morgan fingerprint density at radius 3 is 1.81 bits per heavy atom. The van der Waals surface area contributed by atoms with Crippen molar-refractivity contribution >= 4 is 37.2 Å². The molecule has 0 aromatic heterocycles. The largest absolute Gasteiger partial charge is 0.744 e. The van der Waals surface area contributed by atoms with Crippen LogP contribution >= 0.6 is 0 Å². The monoisotopic (exact) mass is 543 g/mol. The fourth-order valence-corrected chi connectivity index (χ4v) is 5.69. The second-order valence-corrected chi connectivity index (χ2v) is 11.1. The highest BCUT2D eigenvalue weighted by atomic mass is 32.2. The van der Waals surface area contributed by atoms with Crippen molar-refractivity contribution in [1.82, 2.24) is 0 Å². The molecule has 0 unspecified atom stereocenters. The Morgan fingerprint density at radius 1 is 0.784 bits per heavy atom. The molecule has 0 fully saturated rings. The van der Waals surface area contributed by atoms with Gasteiger partial charge in [-0.15, -0.1) is 0 Å². The van der Waals surface area contributed by atoms with E-state index in [1.165, 1.54) is 6.07 Å². The summed E-state index contributed by atoms with van der Waals surface area (Å²) in [6, 6.07) is 10.4. The number of allylic oxidation sites excluding steroid dienone is 5. The summed E-state index contributed by atoms with van der Waals surface area (Å²) >= 11 is 0. The van der Waals surface area contributed by atoms with Crippen LogP contribution in [0.1, 0.15) is 38.8 Å². The molecule has 1 aliphatic rings. The minimum atomic E-state index is -5.13. The van der Waals surface area contributed by atoms with Crippen molar-refractivity contribution < 1.29 is 30.5 Å². The van der Waals surface area contributed by atoms with Gasteiger partial charge in [0.2, 0.25) is 0 Å². The fourth-order valence-electron chi connectivity index (χ4n) is 4.40. The lowest BCUT2D eigenvalue weighted by atomic mass is 9.90. The molecule has 0 radical (unpaired) electrons. The summed E-state index contributed by atoms with van der Waals surface area (Å²) in [6.07, 6.45) is 7.49. The van der Waals surface area contributed by atoms with E-state index >= 15 is 0 Å². The molecule has 0 aliphatic heterocycles. The van der Waals surface area contributed by atoms with Crippen LogP contribution in [0.15, 0.2) is 82.1 Å². The molecule has 37 heavy (non-hydrogen) atoms. The number of nitrogens with zero attached hydrogens (tertiary/aromatic N) is 2. The van der Waals surface area contributed by atoms with Gasteiger partial charge in [-0.1, -0.05) is 18.2 Å². The second-order valence-electron chi connectivity index (χ2n) is 8.38. The van der Waals surface area contributed by atoms with Crippen LogP contribution in [0.5, 0.6) is 0 Å². The van der Waals surface area contributed by atoms with E-state index in [1.807, 2.05) is 76.3 Å². The molecular formula is C27H31N2O6S2-. The zero-order valence-corrected chi connectivity index (χ0v) is 23.0. The summed E-state index contributed by atoms with van der Waals surface area (Å²) in [6.45, 7) is 11.4. The molecule has 0 N–H and O–H groups in total. The van der Waals surface area contributed by atoms with Crippen molar-refractivity contribution in [1.29, 1.82) is 0 Å². The molecule has 8 nitrogen and oxygen atoms in total. The van der Waals surface area contributed by atoms with Gasteiger partial charge in [-0.05, 0) is 80.8 Å². The van der Waals surface area contributed by atoms with E-state index in [2.05, 4.69) is 9.48 Å². The van der Waals surface area contributed by atoms with Gasteiger partial charge in [0.05, 0.1) is 9.79 Å². The zero-order chi connectivity index (χ0) is 27.4. The lowest BCUT2D eigenvalue weighted by Gasteiger charge is -2.23. The highest BCUT2D eigenvalue weighted by Crippen LogP contribution is 2.35. The Bertz CT molecular complexity index is 1470. The van der Waals surface area contributed by atoms with E-state index in [4.69, 9.17) is 0 Å². The van der Waals surface area contributed by atoms with Gasteiger partial charge < -0.3 is 14.0 Å². The van der Waals surface area contributed by atoms with E-state index in [0.717, 1.165) is 43.6 Å². The third kappa shape index (κ3) is 6.45. The van der Waals surface area contributed by atoms with Gasteiger partial charge in [0.15, 0.2) is 5.71 Å². The van der Waals surface area contributed by atoms with Gasteiger partial charge in [0, 0.05) is 36.5 Å². The van der Waals surface area contributed by atoms with Crippen molar-refractivity contribution in [3.05, 3.63) is 83.5 Å². The second kappa shape index (κ2) is 11.6. The first kappa shape index (κ1) is 28.5. The minimum absolute atomic E-state index is 0.0218. The van der Waals surface area contributed by atoms with Crippen molar-refractivity contribution in [3.63, 3.8) is 0 Å². The lowest BCUT2D eigenvalue weighted by Crippen LogP contribution is -2.21. The summed E-state index contributed by atoms with van der Waals surface area (Å²) in [5.74, 6) is 0. The SMILES string of the molecule is CCN(CC)c1ccc(C(=C2C=CC(=[N+](CC)CC)C=C2)c2ccc(S(=O)(=O)[O-])cc2S(=O)(=O)[O-])cc1. The Kier molecular flexibility index (Phi) is 8.91. The normalized spacial score (nSPS) is 13.7. The summed E-state index contributed by atoms with van der Waals surface area (Å²) in [5, 5.41) is 0. The topological polar surface area (TPSA) is 121 Å². The van der Waals surface area contributed by atoms with E-state index in [1.54, 1.807) is 0 Å². The first-order valence-corrected chi connectivity index (χ1v) is 14.9. The molecule has 1 aliphatic carbocycles. The van der Waals surface area contributed by atoms with Crippen LogP contribution in [0.2, 0.25) is 0 Å². The van der Waals surface area contributed by atoms with Crippen molar-refractivity contribution in [2.24, 2.45) is 0 Å². The Morgan fingerprint density at radius 2 is 1.35 bits per heavy atom. The Hall–Kier alpha value is -3.05. The average Bonchev–Trinajstić information content (AvgIpc) is 2.86. The highest BCUT2D eigenvalue weighted by molar-refractivity contribution is 7.86. The maximum atomic E-state index is 12.3. The molecule has 10 heteroatoms. The van der Waals surface area contributed by atoms with Gasteiger partial charge in [-0.2, -0.15) is 0 Å². The minimum Gasteiger partial charge on any atom is -0.744 e. The molecule has 0 saturated heterocycles. The zero-order valence-electron chi connectivity index (χ0n) is 21.3. The van der Waals surface area contributed by atoms with Gasteiger partial charge >= 0.3 is 0 Å². The number of rotatable bonds is 9. The van der Waals surface area contributed by atoms with Gasteiger partial charge in [-0.25, -0.2) is 21.4 Å². The number of benzene rings is 2. The molecule has 0 atom stereocenters. The Balaban J connectivity index is 2.33. The fraction of sp³-hybridized carbons (Fsp3) is 0.296. The smallest absolute Gasteiger partial charge is 0.199 e. The quantitative estimate of drug-likeness (QED) is 0.349. The van der Waals surface area contributed by atoms with E-state index in [9.17, 15) is 25.9 Å². The summed E-state index contributed by atoms with van der Waals surface area (Å²) in [4.78, 5) is 0.614. The van der Waals surface area contributed by atoms with Crippen LogP contribution in [0.25, 0.3) is 5.57 Å². The molecule has 2 aromatic rings. The van der Waals surface area contributed by atoms with Gasteiger partial charge in [0.25, 0.3) is 0 Å². The highest BCUT2D eigenvalue weighted by Gasteiger charge is 2.21. The number of anilines is 1. The van der Waals surface area contributed by atoms with Gasteiger partial charge in [-0.3, -0.25) is 0 Å². The van der Waals surface area contributed by atoms with Crippen LogP contribution in [-0.4, -0.2) is 62.4 Å². The first-order chi connectivity index (χ1) is 17.4. The average molecular weight is 544 g/mol. The molecule has 3 rings (SSSR count). The molecule has 0 bridgehead atoms. The maximum absolute atomic E-state index is 12.3. The summed E-state index contributed by atoms with van der Waals surface area (Å²) < 4.78 is 73.7. The van der Waals surface area contributed by atoms with Crippen LogP contribution in [0.4, 0.5) is 5.69 Å². The van der Waals surface area contributed by atoms with Crippen molar-refractivity contribution in [2.75, 3.05) is 31.1 Å². The molecule has 0 heterocycles. The van der Waals surface area contributed by atoms with Crippen LogP contribution in [-0.2, 0) is 20.2 Å². The lowest BCUT2D eigenvalue weighted by molar-refractivity contribution is -0.519. The van der Waals surface area contributed by atoms with Crippen molar-refractivity contribution in [2.45, 2.75) is 37.5 Å². The molecular weight excluding hydrogens is 512 g/mol. The standard InChI is InChI=1S/C27H32N2O6S2/c1-5-28(6-2)22-13-9-20(10-14-22)27(21-11-15-23(16-12-21)29(7-3)8-4)25-18-17-24(36(30,31)32)19-26(25)37(33,34)35/h9-19H,5-8H2,1-4H3,(H-,30,31,32,33,34,35)/p-1. The van der Waals surface area contributed by atoms with E-state index in [-0.39, 0.29) is 5.56 Å². The number of hydrogen-bond acceptors (Lipinski definition) is 7. The van der Waals surface area contributed by atoms with E-state index in [0.29, 0.717) is 22.8 Å². The predicted octanol–water partition coefficient (Wildman–Crippen LogP) is 3.76. The van der Waals surface area contributed by atoms with Gasteiger partial charge in [0.1, 0.15) is 33.3 Å². The molecule has 198 valence electrons. The van der Waals surface area contributed by atoms with E-state index < -0.39 is 30.0 Å². The predicted molar refractivity (Wildman–Crippen MR) is 143 cm³/mol. The summed E-state index contributed by atoms with van der Waals surface area (Å²) in [7, 11) is -10.1. The molecule has 0 amide bonds. The first-order valence-electron chi connectivity index (χ1n) is 12.1. The third-order valence-corrected chi connectivity index (χ3v) is 8.06. The number of hydrogen-bond donors (Lipinski definition) is 0. The molecule has 0 saturated carbocycles. The summed E-state index contributed by atoms with van der Waals surface area (Å²) in [5.41, 5.74) is 3.68.